The molecular formula is C22H28N2O2. The Labute approximate surface area is 156 Å². The molecule has 0 heterocycles. The van der Waals surface area contributed by atoms with Gasteiger partial charge in [-0.15, -0.1) is 0 Å². The van der Waals surface area contributed by atoms with Crippen molar-refractivity contribution in [2.24, 2.45) is 0 Å². The Morgan fingerprint density at radius 2 is 1.73 bits per heavy atom. The number of benzene rings is 2. The maximum Gasteiger partial charge on any atom is 0.255 e. The highest BCUT2D eigenvalue weighted by Gasteiger charge is 2.12. The van der Waals surface area contributed by atoms with Crippen molar-refractivity contribution in [2.75, 3.05) is 33.3 Å². The number of hydrogen-bond donors (Lipinski definition) is 1. The van der Waals surface area contributed by atoms with Crippen LogP contribution in [0.15, 0.2) is 48.5 Å². The van der Waals surface area contributed by atoms with Crippen molar-refractivity contribution in [3.05, 3.63) is 65.2 Å². The predicted molar refractivity (Wildman–Crippen MR) is 108 cm³/mol. The third-order valence-corrected chi connectivity index (χ3v) is 4.35. The van der Waals surface area contributed by atoms with Crippen LogP contribution >= 0.6 is 0 Å². The van der Waals surface area contributed by atoms with E-state index in [4.69, 9.17) is 4.74 Å². The Kier molecular flexibility index (Phi) is 7.90. The lowest BCUT2D eigenvalue weighted by Crippen LogP contribution is -2.34. The quantitative estimate of drug-likeness (QED) is 0.695. The van der Waals surface area contributed by atoms with E-state index >= 15 is 0 Å². The fourth-order valence-corrected chi connectivity index (χ4v) is 2.72. The van der Waals surface area contributed by atoms with Crippen LogP contribution < -0.4 is 10.1 Å². The summed E-state index contributed by atoms with van der Waals surface area (Å²) in [4.78, 5) is 14.7. The molecule has 0 spiro atoms. The molecule has 0 aliphatic carbocycles. The molecule has 0 aliphatic rings. The minimum Gasteiger partial charge on any atom is -0.496 e. The van der Waals surface area contributed by atoms with Crippen LogP contribution in [-0.2, 0) is 0 Å². The Bertz CT molecular complexity index is 722. The molecule has 0 saturated carbocycles. The van der Waals surface area contributed by atoms with E-state index < -0.39 is 0 Å². The highest BCUT2D eigenvalue weighted by atomic mass is 16.5. The molecule has 0 radical (unpaired) electrons. The SMILES string of the molecule is CCN(CC)CCNC(=O)c1ccc(/C=C/c2ccccc2)cc1OC. The molecule has 2 rings (SSSR count). The van der Waals surface area contributed by atoms with Crippen molar-refractivity contribution in [3.8, 4) is 5.75 Å². The molecule has 2 aromatic carbocycles. The number of carbonyl (C=O) groups excluding carboxylic acids is 1. The van der Waals surface area contributed by atoms with E-state index in [1.807, 2.05) is 60.7 Å². The zero-order valence-electron chi connectivity index (χ0n) is 15.9. The van der Waals surface area contributed by atoms with Crippen LogP contribution in [0.1, 0.15) is 35.3 Å². The first-order chi connectivity index (χ1) is 12.7. The smallest absolute Gasteiger partial charge is 0.255 e. The molecule has 138 valence electrons. The molecule has 0 aromatic heterocycles. The van der Waals surface area contributed by atoms with Gasteiger partial charge in [-0.3, -0.25) is 4.79 Å². The summed E-state index contributed by atoms with van der Waals surface area (Å²) in [6.45, 7) is 7.68. The molecular weight excluding hydrogens is 324 g/mol. The number of ether oxygens (including phenoxy) is 1. The fourth-order valence-electron chi connectivity index (χ4n) is 2.72. The first kappa shape index (κ1) is 19.7. The first-order valence-electron chi connectivity index (χ1n) is 9.09. The maximum atomic E-state index is 12.4. The molecule has 1 amide bonds. The topological polar surface area (TPSA) is 41.6 Å². The average molecular weight is 352 g/mol. The predicted octanol–water partition coefficient (Wildman–Crippen LogP) is 3.94. The van der Waals surface area contributed by atoms with Gasteiger partial charge in [0.25, 0.3) is 5.91 Å². The summed E-state index contributed by atoms with van der Waals surface area (Å²) in [7, 11) is 1.59. The standard InChI is InChI=1S/C22H28N2O2/c1-4-24(5-2)16-15-23-22(25)20-14-13-19(17-21(20)26-3)12-11-18-9-7-6-8-10-18/h6-14,17H,4-5,15-16H2,1-3H3,(H,23,25)/b12-11+. The molecule has 4 nitrogen and oxygen atoms in total. The first-order valence-corrected chi connectivity index (χ1v) is 9.09. The monoisotopic (exact) mass is 352 g/mol. The van der Waals surface area contributed by atoms with E-state index in [0.717, 1.165) is 30.8 Å². The number of methoxy groups -OCH3 is 1. The van der Waals surface area contributed by atoms with E-state index in [-0.39, 0.29) is 5.91 Å². The van der Waals surface area contributed by atoms with Crippen LogP contribution in [-0.4, -0.2) is 44.1 Å². The average Bonchev–Trinajstić information content (AvgIpc) is 2.70. The van der Waals surface area contributed by atoms with Gasteiger partial charge in [0.15, 0.2) is 0 Å². The molecule has 4 heteroatoms. The largest absolute Gasteiger partial charge is 0.496 e. The molecule has 0 bridgehead atoms. The summed E-state index contributed by atoms with van der Waals surface area (Å²) in [5.74, 6) is 0.480. The molecule has 0 fully saturated rings. The highest BCUT2D eigenvalue weighted by molar-refractivity contribution is 5.97. The minimum absolute atomic E-state index is 0.104. The second kappa shape index (κ2) is 10.4. The lowest BCUT2D eigenvalue weighted by atomic mass is 10.1. The van der Waals surface area contributed by atoms with Gasteiger partial charge in [-0.2, -0.15) is 0 Å². The van der Waals surface area contributed by atoms with Crippen LogP contribution in [0.2, 0.25) is 0 Å². The second-order valence-electron chi connectivity index (χ2n) is 5.99. The van der Waals surface area contributed by atoms with Crippen molar-refractivity contribution in [3.63, 3.8) is 0 Å². The molecule has 26 heavy (non-hydrogen) atoms. The fraction of sp³-hybridized carbons (Fsp3) is 0.318. The second-order valence-corrected chi connectivity index (χ2v) is 5.99. The normalized spacial score (nSPS) is 11.1. The van der Waals surface area contributed by atoms with Crippen molar-refractivity contribution < 1.29 is 9.53 Å². The van der Waals surface area contributed by atoms with Crippen LogP contribution in [0, 0.1) is 0 Å². The van der Waals surface area contributed by atoms with Gasteiger partial charge >= 0.3 is 0 Å². The molecule has 0 saturated heterocycles. The van der Waals surface area contributed by atoms with Gasteiger partial charge < -0.3 is 15.0 Å². The highest BCUT2D eigenvalue weighted by Crippen LogP contribution is 2.21. The van der Waals surface area contributed by atoms with Crippen molar-refractivity contribution in [1.82, 2.24) is 10.2 Å². The Morgan fingerprint density at radius 1 is 1.04 bits per heavy atom. The summed E-state index contributed by atoms with van der Waals surface area (Å²) in [6, 6.07) is 15.7. The van der Waals surface area contributed by atoms with E-state index in [2.05, 4.69) is 24.1 Å². The zero-order chi connectivity index (χ0) is 18.8. The van der Waals surface area contributed by atoms with Crippen molar-refractivity contribution >= 4 is 18.1 Å². The molecule has 0 aliphatic heterocycles. The summed E-state index contributed by atoms with van der Waals surface area (Å²) in [5, 5.41) is 2.97. The number of carbonyl (C=O) groups is 1. The third-order valence-electron chi connectivity index (χ3n) is 4.35. The number of rotatable bonds is 9. The Balaban J connectivity index is 2.03. The number of hydrogen-bond acceptors (Lipinski definition) is 3. The summed E-state index contributed by atoms with van der Waals surface area (Å²) in [5.41, 5.74) is 2.68. The van der Waals surface area contributed by atoms with Gasteiger partial charge in [0, 0.05) is 13.1 Å². The minimum atomic E-state index is -0.104. The Hall–Kier alpha value is -2.59. The lowest BCUT2D eigenvalue weighted by molar-refractivity contribution is 0.0946. The third kappa shape index (κ3) is 5.74. The molecule has 2 aromatic rings. The van der Waals surface area contributed by atoms with Crippen molar-refractivity contribution in [2.45, 2.75) is 13.8 Å². The summed E-state index contributed by atoms with van der Waals surface area (Å²) in [6.07, 6.45) is 4.05. The summed E-state index contributed by atoms with van der Waals surface area (Å²) < 4.78 is 5.42. The van der Waals surface area contributed by atoms with Crippen LogP contribution in [0.4, 0.5) is 0 Å². The van der Waals surface area contributed by atoms with Crippen LogP contribution in [0.5, 0.6) is 5.75 Å². The number of amides is 1. The molecule has 0 unspecified atom stereocenters. The van der Waals surface area contributed by atoms with E-state index in [1.165, 1.54) is 0 Å². The molecule has 1 N–H and O–H groups in total. The summed E-state index contributed by atoms with van der Waals surface area (Å²) >= 11 is 0. The zero-order valence-corrected chi connectivity index (χ0v) is 15.9. The van der Waals surface area contributed by atoms with E-state index in [1.54, 1.807) is 7.11 Å². The number of nitrogens with zero attached hydrogens (tertiary/aromatic N) is 1. The molecule has 0 atom stereocenters. The van der Waals surface area contributed by atoms with Crippen molar-refractivity contribution in [1.29, 1.82) is 0 Å². The van der Waals surface area contributed by atoms with Gasteiger partial charge in [0.1, 0.15) is 5.75 Å². The lowest BCUT2D eigenvalue weighted by Gasteiger charge is -2.18. The number of nitrogens with one attached hydrogen (secondary N) is 1. The van der Waals surface area contributed by atoms with Crippen LogP contribution in [0.3, 0.4) is 0 Å². The van der Waals surface area contributed by atoms with E-state index in [9.17, 15) is 4.79 Å². The van der Waals surface area contributed by atoms with Gasteiger partial charge in [-0.25, -0.2) is 0 Å². The number of likely N-dealkylation sites (N-methyl/N-ethyl adjacent to an activating group) is 1. The maximum absolute atomic E-state index is 12.4. The van der Waals surface area contributed by atoms with Gasteiger partial charge in [-0.05, 0) is 36.3 Å². The Morgan fingerprint density at radius 3 is 2.38 bits per heavy atom. The van der Waals surface area contributed by atoms with Gasteiger partial charge in [0.2, 0.25) is 0 Å². The van der Waals surface area contributed by atoms with E-state index in [0.29, 0.717) is 17.9 Å². The van der Waals surface area contributed by atoms with Gasteiger partial charge in [-0.1, -0.05) is 62.4 Å². The van der Waals surface area contributed by atoms with Gasteiger partial charge in [0.05, 0.1) is 12.7 Å². The van der Waals surface area contributed by atoms with Crippen LogP contribution in [0.25, 0.3) is 12.2 Å².